The molecule has 9 aromatic rings. The lowest BCUT2D eigenvalue weighted by Crippen LogP contribution is -2.13. The van der Waals surface area contributed by atoms with E-state index in [1.54, 1.807) is 0 Å². The molecule has 0 aromatic carbocycles. The van der Waals surface area contributed by atoms with E-state index in [1.165, 1.54) is 183 Å². The summed E-state index contributed by atoms with van der Waals surface area (Å²) in [5.41, 5.74) is 0. The largest absolute Gasteiger partial charge is 0.139 e. The highest BCUT2D eigenvalue weighted by Crippen LogP contribution is 2.48. The van der Waals surface area contributed by atoms with Crippen LogP contribution in [0.4, 0.5) is 0 Å². The normalized spacial score (nSPS) is 11.8. The van der Waals surface area contributed by atoms with Crippen molar-refractivity contribution in [3.63, 3.8) is 0 Å². The quantitative estimate of drug-likeness (QED) is 0.0418. The minimum atomic E-state index is -0.707. The topological polar surface area (TPSA) is 0 Å². The summed E-state index contributed by atoms with van der Waals surface area (Å²) >= 11 is 17.9. The van der Waals surface area contributed by atoms with Gasteiger partial charge in [0.1, 0.15) is 0 Å². The molecule has 332 valence electrons. The van der Waals surface area contributed by atoms with Crippen LogP contribution < -0.4 is 13.9 Å². The Balaban J connectivity index is 0.967. The van der Waals surface area contributed by atoms with Crippen LogP contribution in [0.25, 0.3) is 58.5 Å². The molecule has 9 heterocycles. The first-order valence-corrected chi connectivity index (χ1v) is 31.9. The fourth-order valence-electron chi connectivity index (χ4n) is 7.99. The average molecular weight is 1030 g/mol. The number of aryl methyl sites for hydroxylation is 3. The molecule has 64 heavy (non-hydrogen) atoms. The number of hydrogen-bond acceptors (Lipinski definition) is 9. The van der Waals surface area contributed by atoms with E-state index in [1.807, 2.05) is 102 Å². The van der Waals surface area contributed by atoms with Crippen LogP contribution in [0.2, 0.25) is 0 Å². The van der Waals surface area contributed by atoms with Gasteiger partial charge in [-0.15, -0.1) is 102 Å². The third kappa shape index (κ3) is 11.7. The second-order valence-electron chi connectivity index (χ2n) is 16.5. The molecule has 0 fully saturated rings. The number of rotatable bonds is 24. The number of unbranched alkanes of at least 4 members (excludes halogenated alkanes) is 9. The second kappa shape index (κ2) is 23.2. The Morgan fingerprint density at radius 3 is 0.766 bits per heavy atom. The van der Waals surface area contributed by atoms with Crippen molar-refractivity contribution in [3.8, 4) is 58.5 Å². The van der Waals surface area contributed by atoms with Crippen molar-refractivity contribution in [1.82, 2.24) is 0 Å². The van der Waals surface area contributed by atoms with Gasteiger partial charge in [0.05, 0.1) is 0 Å². The summed E-state index contributed by atoms with van der Waals surface area (Å²) in [6, 6.07) is 42.8. The highest BCUT2D eigenvalue weighted by atomic mass is 32.1. The van der Waals surface area contributed by atoms with E-state index in [0.717, 1.165) is 0 Å². The van der Waals surface area contributed by atoms with E-state index in [9.17, 15) is 0 Å². The maximum atomic E-state index is 2.45. The van der Waals surface area contributed by atoms with Gasteiger partial charge >= 0.3 is 0 Å². The standard InChI is InChI=1S/C54H57PS9/c1-4-7-10-13-16-37-19-22-40(56-37)43-25-28-46(59-43)49-31-34-52(62-49)55(53-35-32-50(63-53)47-29-26-44(60-47)41-23-20-38(57-41)17-14-11-8-5-2)54-36-33-51(64-54)48-30-27-45(61-48)42-24-21-39(58-42)18-15-12-9-6-3/h19-36H,4-18H2,1-3H3. The first-order valence-electron chi connectivity index (χ1n) is 23.2. The lowest BCUT2D eigenvalue weighted by molar-refractivity contribution is 0.670. The van der Waals surface area contributed by atoms with Crippen molar-refractivity contribution in [1.29, 1.82) is 0 Å². The molecule has 0 amide bonds. The molecule has 0 spiro atoms. The van der Waals surface area contributed by atoms with Gasteiger partial charge in [-0.1, -0.05) is 78.6 Å². The van der Waals surface area contributed by atoms with Gasteiger partial charge in [-0.25, -0.2) is 0 Å². The summed E-state index contributed by atoms with van der Waals surface area (Å²) in [7, 11) is -0.707. The van der Waals surface area contributed by atoms with Crippen LogP contribution in [-0.4, -0.2) is 0 Å². The molecule has 0 N–H and O–H groups in total. The fraction of sp³-hybridized carbons (Fsp3) is 0.333. The molecule has 0 saturated carbocycles. The Kier molecular flexibility index (Phi) is 16.9. The summed E-state index contributed by atoms with van der Waals surface area (Å²) < 4.78 is 4.46. The van der Waals surface area contributed by atoms with E-state index >= 15 is 0 Å². The van der Waals surface area contributed by atoms with Gasteiger partial charge in [-0.2, -0.15) is 0 Å². The smallest absolute Gasteiger partial charge is 0.0449 e. The summed E-state index contributed by atoms with van der Waals surface area (Å²) in [4.78, 5) is 21.3. The molecule has 0 unspecified atom stereocenters. The van der Waals surface area contributed by atoms with Crippen molar-refractivity contribution >= 4 is 124 Å². The molecule has 0 nitrogen and oxygen atoms in total. The molecule has 0 atom stereocenters. The van der Waals surface area contributed by atoms with Crippen LogP contribution in [-0.2, 0) is 19.3 Å². The van der Waals surface area contributed by atoms with Gasteiger partial charge in [0.15, 0.2) is 0 Å². The highest BCUT2D eigenvalue weighted by molar-refractivity contribution is 7.91. The van der Waals surface area contributed by atoms with Crippen LogP contribution in [0.15, 0.2) is 109 Å². The minimum Gasteiger partial charge on any atom is -0.139 e. The molecular formula is C54H57PS9. The molecule has 9 aromatic heterocycles. The van der Waals surface area contributed by atoms with E-state index in [4.69, 9.17) is 0 Å². The predicted octanol–water partition coefficient (Wildman–Crippen LogP) is 20.4. The monoisotopic (exact) mass is 1020 g/mol. The maximum Gasteiger partial charge on any atom is 0.0449 e. The van der Waals surface area contributed by atoms with E-state index in [-0.39, 0.29) is 0 Å². The number of hydrogen-bond donors (Lipinski definition) is 0. The zero-order chi connectivity index (χ0) is 43.7. The summed E-state index contributed by atoms with van der Waals surface area (Å²) in [6.07, 6.45) is 19.5. The highest BCUT2D eigenvalue weighted by Gasteiger charge is 2.25. The summed E-state index contributed by atoms with van der Waals surface area (Å²) in [5, 5.41) is 0. The molecular weight excluding hydrogens is 968 g/mol. The lowest BCUT2D eigenvalue weighted by atomic mass is 10.1. The lowest BCUT2D eigenvalue weighted by Gasteiger charge is -2.12. The van der Waals surface area contributed by atoms with Crippen LogP contribution in [0.1, 0.15) is 112 Å². The van der Waals surface area contributed by atoms with Gasteiger partial charge in [0.2, 0.25) is 0 Å². The zero-order valence-electron chi connectivity index (χ0n) is 37.1. The molecule has 10 heteroatoms. The molecule has 9 rings (SSSR count). The minimum absolute atomic E-state index is 0.707. The van der Waals surface area contributed by atoms with Crippen molar-refractivity contribution in [2.24, 2.45) is 0 Å². The predicted molar refractivity (Wildman–Crippen MR) is 302 cm³/mol. The van der Waals surface area contributed by atoms with Crippen LogP contribution in [0.5, 0.6) is 0 Å². The van der Waals surface area contributed by atoms with Crippen molar-refractivity contribution < 1.29 is 0 Å². The average Bonchev–Trinajstić information content (AvgIpc) is 4.15. The van der Waals surface area contributed by atoms with Gasteiger partial charge in [-0.05, 0) is 148 Å². The third-order valence-corrected chi connectivity index (χ3v) is 26.3. The second-order valence-corrected chi connectivity index (χ2v) is 29.5. The third-order valence-electron chi connectivity index (χ3n) is 11.5. The first-order chi connectivity index (χ1) is 31.5. The van der Waals surface area contributed by atoms with Crippen molar-refractivity contribution in [2.75, 3.05) is 0 Å². The summed E-state index contributed by atoms with van der Waals surface area (Å²) in [6.45, 7) is 6.88. The zero-order valence-corrected chi connectivity index (χ0v) is 45.4. The van der Waals surface area contributed by atoms with E-state index in [2.05, 4.69) is 130 Å². The van der Waals surface area contributed by atoms with Crippen LogP contribution in [0, 0.1) is 0 Å². The Bertz CT molecular complexity index is 2500. The van der Waals surface area contributed by atoms with Crippen molar-refractivity contribution in [2.45, 2.75) is 117 Å². The molecule has 0 aliphatic heterocycles. The maximum absolute atomic E-state index is 2.45. The molecule has 0 aliphatic carbocycles. The van der Waals surface area contributed by atoms with E-state index in [0.29, 0.717) is 0 Å². The number of thiophene rings is 9. The van der Waals surface area contributed by atoms with E-state index < -0.39 is 7.92 Å². The van der Waals surface area contributed by atoms with Crippen LogP contribution in [0.3, 0.4) is 0 Å². The SMILES string of the molecule is CCCCCCc1ccc(-c2ccc(-c3ccc(P(c4ccc(-c5ccc(-c6ccc(CCCCCC)s6)s5)s4)c4ccc(-c5ccc(-c6ccc(CCCCCC)s6)s5)s4)s3)s2)s1. The van der Waals surface area contributed by atoms with Crippen molar-refractivity contribution in [3.05, 3.63) is 124 Å². The van der Waals surface area contributed by atoms with Gasteiger partial charge in [0.25, 0.3) is 0 Å². The van der Waals surface area contributed by atoms with Gasteiger partial charge in [0, 0.05) is 94.9 Å². The fourth-order valence-corrected chi connectivity index (χ4v) is 22.5. The Morgan fingerprint density at radius 2 is 0.484 bits per heavy atom. The summed E-state index contributed by atoms with van der Waals surface area (Å²) in [5.74, 6) is 0. The molecule has 0 radical (unpaired) electrons. The molecule has 0 aliphatic rings. The molecule has 0 saturated heterocycles. The first kappa shape index (κ1) is 46.8. The Labute approximate surface area is 419 Å². The van der Waals surface area contributed by atoms with Gasteiger partial charge < -0.3 is 0 Å². The Morgan fingerprint density at radius 1 is 0.250 bits per heavy atom. The molecule has 0 bridgehead atoms. The van der Waals surface area contributed by atoms with Gasteiger partial charge in [-0.3, -0.25) is 0 Å². The Hall–Kier alpha value is -2.27. The van der Waals surface area contributed by atoms with Crippen LogP contribution >= 0.6 is 110 Å².